The van der Waals surface area contributed by atoms with E-state index in [1.807, 2.05) is 0 Å². The van der Waals surface area contributed by atoms with Crippen molar-refractivity contribution in [1.82, 2.24) is 0 Å². The number of hydrogen-bond donors (Lipinski definition) is 3. The van der Waals surface area contributed by atoms with E-state index in [1.54, 1.807) is 12.1 Å². The van der Waals surface area contributed by atoms with E-state index in [0.717, 1.165) is 6.07 Å². The van der Waals surface area contributed by atoms with Gasteiger partial charge in [-0.3, -0.25) is 4.55 Å². The summed E-state index contributed by atoms with van der Waals surface area (Å²) in [7, 11) is 0. The molecule has 0 aliphatic rings. The molecule has 0 bridgehead atoms. The van der Waals surface area contributed by atoms with Crippen LogP contribution in [0.2, 0.25) is 0 Å². The minimum atomic E-state index is -2.63. The van der Waals surface area contributed by atoms with Gasteiger partial charge >= 0.3 is 22.7 Å². The fraction of sp³-hybridized carbons (Fsp3) is 0. The molecule has 2 aromatic rings. The van der Waals surface area contributed by atoms with E-state index in [4.69, 9.17) is 15.6 Å². The minimum absolute atomic E-state index is 0.143. The second kappa shape index (κ2) is 5.19. The molecule has 0 heterocycles. The highest BCUT2D eigenvalue weighted by Crippen LogP contribution is 2.40. The molecule has 0 fully saturated rings. The monoisotopic (exact) mass is 296 g/mol. The molecular formula is C10H8N4O5S. The number of hydrogen-bond acceptors (Lipinski definition) is 6. The molecule has 0 radical (unpaired) electrons. The van der Waals surface area contributed by atoms with Gasteiger partial charge in [0.1, 0.15) is 0 Å². The lowest BCUT2D eigenvalue weighted by atomic mass is 10.1. The Bertz CT molecular complexity index is 748. The third-order valence-corrected chi connectivity index (χ3v) is 2.86. The van der Waals surface area contributed by atoms with Crippen LogP contribution in [0.15, 0.2) is 30.3 Å². The predicted molar refractivity (Wildman–Crippen MR) is 67.4 cm³/mol. The van der Waals surface area contributed by atoms with E-state index in [9.17, 15) is 14.6 Å². The molecule has 0 saturated heterocycles. The van der Waals surface area contributed by atoms with Gasteiger partial charge in [-0.2, -0.15) is 4.21 Å². The maximum Gasteiger partial charge on any atom is 0.357 e. The molecule has 1 unspecified atom stereocenters. The Morgan fingerprint density at radius 3 is 2.25 bits per heavy atom. The Balaban J connectivity index is 2.90. The smallest absolute Gasteiger partial charge is 0.357 e. The fourth-order valence-electron chi connectivity index (χ4n) is 1.83. The molecule has 0 spiro atoms. The highest BCUT2D eigenvalue weighted by molar-refractivity contribution is 7.74. The van der Waals surface area contributed by atoms with Gasteiger partial charge in [-0.1, -0.05) is 27.9 Å². The first-order valence-electron chi connectivity index (χ1n) is 5.13. The van der Waals surface area contributed by atoms with Crippen LogP contribution in [-0.2, 0) is 11.4 Å². The summed E-state index contributed by atoms with van der Waals surface area (Å²) in [5, 5.41) is 22.9. The van der Waals surface area contributed by atoms with Gasteiger partial charge in [-0.15, -0.1) is 0 Å². The molecule has 2 aromatic carbocycles. The molecule has 0 amide bonds. The highest BCUT2D eigenvalue weighted by atomic mass is 32.2. The van der Waals surface area contributed by atoms with Crippen molar-refractivity contribution in [2.75, 3.05) is 0 Å². The normalized spacial score (nSPS) is 12.1. The van der Waals surface area contributed by atoms with Crippen molar-refractivity contribution in [1.29, 1.82) is 11.1 Å². The summed E-state index contributed by atoms with van der Waals surface area (Å²) in [5.41, 5.74) is 13.4. The number of nitrogens with one attached hydrogen (secondary N) is 2. The van der Waals surface area contributed by atoms with Crippen LogP contribution >= 0.6 is 0 Å². The summed E-state index contributed by atoms with van der Waals surface area (Å²) < 4.78 is 24.2. The van der Waals surface area contributed by atoms with Gasteiger partial charge in [0.25, 0.3) is 0 Å². The number of fused-ring (bicyclic) bond motifs is 1. The average Bonchev–Trinajstić information content (AvgIpc) is 2.37. The molecule has 9 nitrogen and oxygen atoms in total. The molecule has 0 aliphatic carbocycles. The van der Waals surface area contributed by atoms with Crippen molar-refractivity contribution in [2.24, 2.45) is 0 Å². The molecule has 20 heavy (non-hydrogen) atoms. The van der Waals surface area contributed by atoms with Crippen molar-refractivity contribution in [3.63, 3.8) is 0 Å². The van der Waals surface area contributed by atoms with Crippen LogP contribution in [-0.4, -0.2) is 18.5 Å². The zero-order chi connectivity index (χ0) is 14.9. The fourth-order valence-corrected chi connectivity index (χ4v) is 2.12. The van der Waals surface area contributed by atoms with Gasteiger partial charge in [0.2, 0.25) is 0 Å². The van der Waals surface area contributed by atoms with Gasteiger partial charge in [-0.05, 0) is 17.1 Å². The van der Waals surface area contributed by atoms with Crippen molar-refractivity contribution in [2.45, 2.75) is 0 Å². The van der Waals surface area contributed by atoms with E-state index in [1.165, 1.54) is 12.1 Å². The SMILES string of the molecule is N=[N+]([O-])c1cc(OS(=O)O)c2ccccc2c1[N+](=N)[O-]. The Kier molecular flexibility index (Phi) is 3.59. The molecule has 2 rings (SSSR count). The minimum Gasteiger partial charge on any atom is -0.594 e. The molecule has 104 valence electrons. The number of nitrogens with zero attached hydrogens (tertiary/aromatic N) is 2. The topological polar surface area (TPSA) is 146 Å². The number of benzene rings is 2. The van der Waals surface area contributed by atoms with Gasteiger partial charge in [0.05, 0.1) is 11.5 Å². The maximum atomic E-state index is 11.3. The molecule has 3 N–H and O–H groups in total. The first-order valence-corrected chi connectivity index (χ1v) is 6.17. The summed E-state index contributed by atoms with van der Waals surface area (Å²) in [5.74, 6) is -0.143. The second-order valence-electron chi connectivity index (χ2n) is 3.68. The quantitative estimate of drug-likeness (QED) is 0.343. The first-order chi connectivity index (χ1) is 9.41. The molecule has 10 heteroatoms. The Hall–Kier alpha value is -2.59. The van der Waals surface area contributed by atoms with E-state index in [0.29, 0.717) is 0 Å². The number of rotatable bonds is 4. The van der Waals surface area contributed by atoms with Gasteiger partial charge < -0.3 is 14.6 Å². The predicted octanol–water partition coefficient (Wildman–Crippen LogP) is 2.70. The van der Waals surface area contributed by atoms with Crippen LogP contribution in [0.1, 0.15) is 0 Å². The van der Waals surface area contributed by atoms with Crippen molar-refractivity contribution < 1.29 is 22.7 Å². The van der Waals surface area contributed by atoms with E-state index in [2.05, 4.69) is 4.18 Å². The lowest BCUT2D eigenvalue weighted by Crippen LogP contribution is -2.02. The van der Waals surface area contributed by atoms with Gasteiger partial charge in [-0.25, -0.2) is 0 Å². The van der Waals surface area contributed by atoms with Crippen LogP contribution in [0.4, 0.5) is 11.4 Å². The van der Waals surface area contributed by atoms with Crippen molar-refractivity contribution in [3.8, 4) is 5.75 Å². The summed E-state index contributed by atoms with van der Waals surface area (Å²) in [6, 6.07) is 7.04. The zero-order valence-corrected chi connectivity index (χ0v) is 10.6. The Morgan fingerprint density at radius 2 is 1.75 bits per heavy atom. The Morgan fingerprint density at radius 1 is 1.15 bits per heavy atom. The van der Waals surface area contributed by atoms with Crippen LogP contribution in [0.5, 0.6) is 5.75 Å². The average molecular weight is 296 g/mol. The molecule has 0 aromatic heterocycles. The summed E-state index contributed by atoms with van der Waals surface area (Å²) in [4.78, 5) is -0.662. The van der Waals surface area contributed by atoms with Crippen LogP contribution in [0.3, 0.4) is 0 Å². The third kappa shape index (κ3) is 2.41. The molecule has 0 aliphatic heterocycles. The van der Waals surface area contributed by atoms with Crippen LogP contribution < -0.4 is 4.18 Å². The maximum absolute atomic E-state index is 11.3. The molecular weight excluding hydrogens is 288 g/mol. The Labute approximate surface area is 114 Å². The lowest BCUT2D eigenvalue weighted by molar-refractivity contribution is -0.499. The first kappa shape index (κ1) is 13.8. The van der Waals surface area contributed by atoms with Crippen LogP contribution in [0.25, 0.3) is 10.8 Å². The van der Waals surface area contributed by atoms with Crippen molar-refractivity contribution in [3.05, 3.63) is 40.7 Å². The highest BCUT2D eigenvalue weighted by Gasteiger charge is 2.26. The van der Waals surface area contributed by atoms with E-state index in [-0.39, 0.29) is 31.9 Å². The van der Waals surface area contributed by atoms with E-state index >= 15 is 0 Å². The zero-order valence-electron chi connectivity index (χ0n) is 9.77. The summed E-state index contributed by atoms with van der Waals surface area (Å²) in [6.07, 6.45) is 0. The molecule has 0 saturated carbocycles. The van der Waals surface area contributed by atoms with E-state index < -0.39 is 17.0 Å². The van der Waals surface area contributed by atoms with Gasteiger partial charge in [0, 0.05) is 5.39 Å². The standard InChI is InChI=1S/C10H8N4O5S/c11-13(15)8-5-9(19-20(17)18)6-3-1-2-4-7(6)10(8)14(12)16/h1-5,11-12H,(H,17,18). The second-order valence-corrected chi connectivity index (χ2v) is 4.28. The van der Waals surface area contributed by atoms with Gasteiger partial charge in [0.15, 0.2) is 5.75 Å². The lowest BCUT2D eigenvalue weighted by Gasteiger charge is -2.09. The largest absolute Gasteiger partial charge is 0.594 e. The summed E-state index contributed by atoms with van der Waals surface area (Å²) in [6.45, 7) is 0. The molecule has 1 atom stereocenters. The van der Waals surface area contributed by atoms with Crippen molar-refractivity contribution >= 4 is 33.5 Å². The third-order valence-electron chi connectivity index (χ3n) is 2.54. The van der Waals surface area contributed by atoms with Crippen LogP contribution in [0, 0.1) is 21.5 Å². The summed E-state index contributed by atoms with van der Waals surface area (Å²) >= 11 is -2.63.